The molecule has 1 aromatic carbocycles. The lowest BCUT2D eigenvalue weighted by atomic mass is 10.1. The number of thioether (sulfide) groups is 2. The fourth-order valence-electron chi connectivity index (χ4n) is 3.03. The fourth-order valence-corrected chi connectivity index (χ4v) is 5.89. The molecule has 1 heterocycles. The summed E-state index contributed by atoms with van der Waals surface area (Å²) in [5.74, 6) is 2.57. The standard InChI is InChI=1S/C17H23NOS2/c19-16(18-15-5-3-1-2-4-6-15)13-7-9-14(10-8-13)17-20-11-12-21-17/h7-10,15,17H,1-6,11-12H2,(H,18,19). The monoisotopic (exact) mass is 321 g/mol. The molecule has 0 radical (unpaired) electrons. The van der Waals surface area contributed by atoms with Gasteiger partial charge in [0.1, 0.15) is 0 Å². The molecule has 1 saturated carbocycles. The van der Waals surface area contributed by atoms with Gasteiger partial charge in [-0.15, -0.1) is 23.5 Å². The second kappa shape index (κ2) is 7.59. The molecule has 0 aromatic heterocycles. The minimum atomic E-state index is 0.0974. The maximum atomic E-state index is 12.3. The predicted molar refractivity (Wildman–Crippen MR) is 93.1 cm³/mol. The van der Waals surface area contributed by atoms with E-state index in [1.54, 1.807) is 0 Å². The van der Waals surface area contributed by atoms with Crippen LogP contribution in [0.4, 0.5) is 0 Å². The highest BCUT2D eigenvalue weighted by molar-refractivity contribution is 8.19. The van der Waals surface area contributed by atoms with E-state index in [0.717, 1.165) is 18.4 Å². The van der Waals surface area contributed by atoms with Crippen molar-refractivity contribution in [3.63, 3.8) is 0 Å². The van der Waals surface area contributed by atoms with Crippen LogP contribution in [0.5, 0.6) is 0 Å². The van der Waals surface area contributed by atoms with Crippen LogP contribution in [0, 0.1) is 0 Å². The quantitative estimate of drug-likeness (QED) is 0.824. The van der Waals surface area contributed by atoms with Crippen LogP contribution in [0.3, 0.4) is 0 Å². The molecule has 3 rings (SSSR count). The van der Waals surface area contributed by atoms with Crippen molar-refractivity contribution in [2.75, 3.05) is 11.5 Å². The van der Waals surface area contributed by atoms with Gasteiger partial charge in [-0.1, -0.05) is 37.8 Å². The number of amides is 1. The molecule has 1 amide bonds. The third-order valence-electron chi connectivity index (χ3n) is 4.26. The third kappa shape index (κ3) is 4.19. The van der Waals surface area contributed by atoms with Crippen LogP contribution in [0.25, 0.3) is 0 Å². The maximum Gasteiger partial charge on any atom is 0.251 e. The third-order valence-corrected chi connectivity index (χ3v) is 7.36. The first-order chi connectivity index (χ1) is 10.3. The molecule has 0 atom stereocenters. The van der Waals surface area contributed by atoms with Crippen LogP contribution in [0.1, 0.15) is 59.0 Å². The minimum Gasteiger partial charge on any atom is -0.349 e. The molecule has 1 N–H and O–H groups in total. The molecule has 2 nitrogen and oxygen atoms in total. The van der Waals surface area contributed by atoms with Crippen LogP contribution in [0.15, 0.2) is 24.3 Å². The highest BCUT2D eigenvalue weighted by Gasteiger charge is 2.19. The summed E-state index contributed by atoms with van der Waals surface area (Å²) in [5, 5.41) is 3.21. The molecule has 1 aromatic rings. The molecule has 0 spiro atoms. The predicted octanol–water partition coefficient (Wildman–Crippen LogP) is 4.62. The lowest BCUT2D eigenvalue weighted by molar-refractivity contribution is 0.0933. The molecular weight excluding hydrogens is 298 g/mol. The lowest BCUT2D eigenvalue weighted by Gasteiger charge is -2.16. The van der Waals surface area contributed by atoms with E-state index in [4.69, 9.17) is 0 Å². The van der Waals surface area contributed by atoms with Gasteiger partial charge >= 0.3 is 0 Å². The van der Waals surface area contributed by atoms with Crippen LogP contribution in [-0.4, -0.2) is 23.5 Å². The Morgan fingerprint density at radius 3 is 2.19 bits per heavy atom. The Hall–Kier alpha value is -0.610. The van der Waals surface area contributed by atoms with Crippen molar-refractivity contribution in [1.29, 1.82) is 0 Å². The molecule has 1 aliphatic carbocycles. The second-order valence-electron chi connectivity index (χ2n) is 5.86. The Morgan fingerprint density at radius 1 is 0.952 bits per heavy atom. The van der Waals surface area contributed by atoms with E-state index < -0.39 is 0 Å². The number of hydrogen-bond donors (Lipinski definition) is 1. The molecule has 1 aliphatic heterocycles. The summed E-state index contributed by atoms with van der Waals surface area (Å²) in [7, 11) is 0. The summed E-state index contributed by atoms with van der Waals surface area (Å²) in [6.45, 7) is 0. The summed E-state index contributed by atoms with van der Waals surface area (Å²) in [6, 6.07) is 8.60. The molecule has 4 heteroatoms. The lowest BCUT2D eigenvalue weighted by Crippen LogP contribution is -2.34. The highest BCUT2D eigenvalue weighted by Crippen LogP contribution is 2.45. The number of carbonyl (C=O) groups is 1. The number of hydrogen-bond acceptors (Lipinski definition) is 3. The first-order valence-electron chi connectivity index (χ1n) is 7.97. The van der Waals surface area contributed by atoms with Crippen LogP contribution >= 0.6 is 23.5 Å². The first-order valence-corrected chi connectivity index (χ1v) is 10.1. The van der Waals surface area contributed by atoms with Gasteiger partial charge in [-0.3, -0.25) is 4.79 Å². The molecule has 2 aliphatic rings. The topological polar surface area (TPSA) is 29.1 Å². The number of nitrogens with one attached hydrogen (secondary N) is 1. The Kier molecular flexibility index (Phi) is 5.53. The summed E-state index contributed by atoms with van der Waals surface area (Å²) in [4.78, 5) is 12.3. The van der Waals surface area contributed by atoms with Gasteiger partial charge in [0.15, 0.2) is 0 Å². The van der Waals surface area contributed by atoms with Gasteiger partial charge in [-0.2, -0.15) is 0 Å². The number of benzene rings is 1. The summed E-state index contributed by atoms with van der Waals surface area (Å²) < 4.78 is 0.559. The van der Waals surface area contributed by atoms with Crippen molar-refractivity contribution in [2.45, 2.75) is 49.1 Å². The van der Waals surface area contributed by atoms with Crippen molar-refractivity contribution < 1.29 is 4.79 Å². The van der Waals surface area contributed by atoms with E-state index >= 15 is 0 Å². The van der Waals surface area contributed by atoms with E-state index in [1.165, 1.54) is 42.8 Å². The SMILES string of the molecule is O=C(NC1CCCCCC1)c1ccc(C2SCCS2)cc1. The van der Waals surface area contributed by atoms with Gasteiger partial charge in [0.25, 0.3) is 5.91 Å². The maximum absolute atomic E-state index is 12.3. The number of carbonyl (C=O) groups excluding carboxylic acids is 1. The summed E-state index contributed by atoms with van der Waals surface area (Å²) in [6.07, 6.45) is 7.41. The zero-order valence-corrected chi connectivity index (χ0v) is 14.0. The minimum absolute atomic E-state index is 0.0974. The average molecular weight is 322 g/mol. The van der Waals surface area contributed by atoms with Crippen molar-refractivity contribution >= 4 is 29.4 Å². The first kappa shape index (κ1) is 15.3. The van der Waals surface area contributed by atoms with Gasteiger partial charge in [0, 0.05) is 23.1 Å². The van der Waals surface area contributed by atoms with Crippen LogP contribution in [0.2, 0.25) is 0 Å². The molecule has 0 unspecified atom stereocenters. The van der Waals surface area contributed by atoms with Gasteiger partial charge in [-0.25, -0.2) is 0 Å². The van der Waals surface area contributed by atoms with Crippen molar-refractivity contribution in [2.24, 2.45) is 0 Å². The molecule has 0 bridgehead atoms. The Labute approximate surface area is 135 Å². The van der Waals surface area contributed by atoms with E-state index in [2.05, 4.69) is 17.4 Å². The normalized spacial score (nSPS) is 21.1. The largest absolute Gasteiger partial charge is 0.349 e. The Bertz CT molecular complexity index is 460. The zero-order valence-electron chi connectivity index (χ0n) is 12.3. The Balaban J connectivity index is 1.58. The molecule has 1 saturated heterocycles. The van der Waals surface area contributed by atoms with Crippen LogP contribution in [-0.2, 0) is 0 Å². The average Bonchev–Trinajstić information content (AvgIpc) is 2.93. The molecular formula is C17H23NOS2. The van der Waals surface area contributed by atoms with E-state index in [9.17, 15) is 4.79 Å². The Morgan fingerprint density at radius 2 is 1.57 bits per heavy atom. The van der Waals surface area contributed by atoms with Crippen molar-refractivity contribution in [3.8, 4) is 0 Å². The van der Waals surface area contributed by atoms with E-state index in [0.29, 0.717) is 10.6 Å². The summed E-state index contributed by atoms with van der Waals surface area (Å²) >= 11 is 4.01. The van der Waals surface area contributed by atoms with Gasteiger partial charge in [0.2, 0.25) is 0 Å². The van der Waals surface area contributed by atoms with Gasteiger partial charge < -0.3 is 5.32 Å². The fraction of sp³-hybridized carbons (Fsp3) is 0.588. The van der Waals surface area contributed by atoms with Crippen molar-refractivity contribution in [3.05, 3.63) is 35.4 Å². The number of rotatable bonds is 3. The molecule has 21 heavy (non-hydrogen) atoms. The van der Waals surface area contributed by atoms with Crippen LogP contribution < -0.4 is 5.32 Å². The zero-order chi connectivity index (χ0) is 14.5. The van der Waals surface area contributed by atoms with Gasteiger partial charge in [-0.05, 0) is 30.5 Å². The van der Waals surface area contributed by atoms with Gasteiger partial charge in [0.05, 0.1) is 4.58 Å². The molecule has 2 fully saturated rings. The van der Waals surface area contributed by atoms with E-state index in [-0.39, 0.29) is 5.91 Å². The summed E-state index contributed by atoms with van der Waals surface area (Å²) in [5.41, 5.74) is 2.14. The van der Waals surface area contributed by atoms with E-state index in [1.807, 2.05) is 35.7 Å². The van der Waals surface area contributed by atoms with Crippen molar-refractivity contribution in [1.82, 2.24) is 5.32 Å². The highest BCUT2D eigenvalue weighted by atomic mass is 32.2. The molecule has 114 valence electrons. The smallest absolute Gasteiger partial charge is 0.251 e. The second-order valence-corrected chi connectivity index (χ2v) is 8.58.